The lowest BCUT2D eigenvalue weighted by Gasteiger charge is -2.23. The third-order valence-electron chi connectivity index (χ3n) is 12.5. The molecule has 12 rings (SSSR count). The van der Waals surface area contributed by atoms with Gasteiger partial charge in [0.25, 0.3) is 0 Å². The molecule has 314 valence electrons. The van der Waals surface area contributed by atoms with Crippen molar-refractivity contribution in [2.75, 3.05) is 0 Å². The second-order valence-corrected chi connectivity index (χ2v) is 17.7. The summed E-state index contributed by atoms with van der Waals surface area (Å²) >= 11 is 1.86. The van der Waals surface area contributed by atoms with Crippen molar-refractivity contribution >= 4 is 31.5 Å². The highest BCUT2D eigenvalue weighted by molar-refractivity contribution is 7.26. The summed E-state index contributed by atoms with van der Waals surface area (Å²) in [5.74, 6) is 0.653. The zero-order valence-corrected chi connectivity index (χ0v) is 37.2. The zero-order chi connectivity index (χ0) is 44.5. The second-order valence-electron chi connectivity index (χ2n) is 16.7. The standard InChI is InChI=1S/C63H41N3S/c1-6-20-43(21-7-1)54-41-55(44-38-36-42(37-39-44)51-33-19-34-53-52-32-16-17-35-56(52)67-62(51)53)65-63(64-54)50-31-18-30-49(40-50)57-58(45-22-8-2-9-23-45)60(47-26-12-4-13-27-47)66-61(48-28-14-5-15-29-48)59(57)46-24-10-3-11-25-46/h1-41H. The van der Waals surface area contributed by atoms with Gasteiger partial charge in [0.1, 0.15) is 0 Å². The van der Waals surface area contributed by atoms with Crippen LogP contribution < -0.4 is 0 Å². The molecule has 4 heteroatoms. The van der Waals surface area contributed by atoms with E-state index in [4.69, 9.17) is 15.0 Å². The van der Waals surface area contributed by atoms with Gasteiger partial charge in [-0.05, 0) is 46.0 Å². The number of rotatable bonds is 9. The molecular formula is C63H41N3S. The fraction of sp³-hybridized carbons (Fsp3) is 0. The van der Waals surface area contributed by atoms with Crippen molar-refractivity contribution in [1.29, 1.82) is 0 Å². The van der Waals surface area contributed by atoms with Crippen LogP contribution in [0.2, 0.25) is 0 Å². The molecule has 12 aromatic rings. The van der Waals surface area contributed by atoms with E-state index in [-0.39, 0.29) is 0 Å². The fourth-order valence-electron chi connectivity index (χ4n) is 9.35. The first-order valence-corrected chi connectivity index (χ1v) is 23.4. The Kier molecular flexibility index (Phi) is 10.4. The molecule has 0 aliphatic rings. The van der Waals surface area contributed by atoms with E-state index in [2.05, 4.69) is 243 Å². The maximum absolute atomic E-state index is 5.65. The largest absolute Gasteiger partial charge is 0.246 e. The van der Waals surface area contributed by atoms with Crippen LogP contribution in [0.5, 0.6) is 0 Å². The first kappa shape index (κ1) is 40.0. The summed E-state index contributed by atoms with van der Waals surface area (Å²) in [6.07, 6.45) is 0. The number of aromatic nitrogens is 3. The highest BCUT2D eigenvalue weighted by Crippen LogP contribution is 2.49. The normalized spacial score (nSPS) is 11.3. The summed E-state index contributed by atoms with van der Waals surface area (Å²) in [6.45, 7) is 0. The van der Waals surface area contributed by atoms with Gasteiger partial charge in [0.15, 0.2) is 5.82 Å². The van der Waals surface area contributed by atoms with Crippen LogP contribution in [0.15, 0.2) is 249 Å². The lowest BCUT2D eigenvalue weighted by Crippen LogP contribution is -2.02. The van der Waals surface area contributed by atoms with Gasteiger partial charge in [-0.1, -0.05) is 231 Å². The number of hydrogen-bond acceptors (Lipinski definition) is 4. The molecule has 0 radical (unpaired) electrons. The van der Waals surface area contributed by atoms with Crippen LogP contribution in [0, 0.1) is 0 Å². The molecule has 0 bridgehead atoms. The van der Waals surface area contributed by atoms with Crippen molar-refractivity contribution in [3.8, 4) is 101 Å². The van der Waals surface area contributed by atoms with Crippen molar-refractivity contribution in [3.05, 3.63) is 249 Å². The first-order chi connectivity index (χ1) is 33.2. The van der Waals surface area contributed by atoms with Crippen LogP contribution in [-0.4, -0.2) is 15.0 Å². The van der Waals surface area contributed by atoms with E-state index >= 15 is 0 Å². The fourth-order valence-corrected chi connectivity index (χ4v) is 10.6. The molecule has 0 aliphatic carbocycles. The van der Waals surface area contributed by atoms with Gasteiger partial charge in [-0.2, -0.15) is 0 Å². The molecule has 0 saturated carbocycles. The van der Waals surface area contributed by atoms with Gasteiger partial charge in [-0.15, -0.1) is 11.3 Å². The van der Waals surface area contributed by atoms with Crippen molar-refractivity contribution < 1.29 is 0 Å². The van der Waals surface area contributed by atoms with E-state index in [1.165, 1.54) is 31.3 Å². The van der Waals surface area contributed by atoms with E-state index in [1.54, 1.807) is 0 Å². The van der Waals surface area contributed by atoms with Gasteiger partial charge in [-0.3, -0.25) is 0 Å². The first-order valence-electron chi connectivity index (χ1n) is 22.6. The van der Waals surface area contributed by atoms with Crippen LogP contribution in [-0.2, 0) is 0 Å². The Balaban J connectivity index is 1.06. The number of fused-ring (bicyclic) bond motifs is 3. The summed E-state index contributed by atoms with van der Waals surface area (Å²) < 4.78 is 2.61. The van der Waals surface area contributed by atoms with Crippen LogP contribution in [0.4, 0.5) is 0 Å². The van der Waals surface area contributed by atoms with Crippen LogP contribution in [0.3, 0.4) is 0 Å². The Bertz CT molecular complexity index is 3600. The third-order valence-corrected chi connectivity index (χ3v) is 13.7. The van der Waals surface area contributed by atoms with Gasteiger partial charge < -0.3 is 0 Å². The molecule has 3 aromatic heterocycles. The minimum Gasteiger partial charge on any atom is -0.246 e. The number of nitrogens with zero attached hydrogens (tertiary/aromatic N) is 3. The highest BCUT2D eigenvalue weighted by atomic mass is 32.1. The lowest BCUT2D eigenvalue weighted by atomic mass is 9.83. The topological polar surface area (TPSA) is 38.7 Å². The highest BCUT2D eigenvalue weighted by Gasteiger charge is 2.26. The van der Waals surface area contributed by atoms with Gasteiger partial charge >= 0.3 is 0 Å². The Morgan fingerprint density at radius 2 is 0.701 bits per heavy atom. The molecule has 0 N–H and O–H groups in total. The predicted molar refractivity (Wildman–Crippen MR) is 282 cm³/mol. The Morgan fingerprint density at radius 1 is 0.269 bits per heavy atom. The maximum Gasteiger partial charge on any atom is 0.160 e. The van der Waals surface area contributed by atoms with Gasteiger partial charge in [0.05, 0.1) is 22.8 Å². The van der Waals surface area contributed by atoms with E-state index in [1.807, 2.05) is 17.4 Å². The molecule has 3 nitrogen and oxygen atoms in total. The zero-order valence-electron chi connectivity index (χ0n) is 36.4. The minimum absolute atomic E-state index is 0.653. The summed E-state index contributed by atoms with van der Waals surface area (Å²) in [6, 6.07) is 87.9. The Labute approximate surface area is 394 Å². The van der Waals surface area contributed by atoms with E-state index in [0.717, 1.165) is 84.0 Å². The van der Waals surface area contributed by atoms with Gasteiger partial charge in [0, 0.05) is 64.7 Å². The number of pyridine rings is 1. The summed E-state index contributed by atoms with van der Waals surface area (Å²) in [7, 11) is 0. The van der Waals surface area contributed by atoms with Crippen molar-refractivity contribution in [2.45, 2.75) is 0 Å². The second kappa shape index (κ2) is 17.4. The maximum atomic E-state index is 5.65. The van der Waals surface area contributed by atoms with Crippen LogP contribution >= 0.6 is 11.3 Å². The summed E-state index contributed by atoms with van der Waals surface area (Å²) in [5, 5.41) is 2.60. The molecule has 9 aromatic carbocycles. The van der Waals surface area contributed by atoms with Crippen LogP contribution in [0.1, 0.15) is 0 Å². The molecule has 0 atom stereocenters. The number of thiophene rings is 1. The number of benzene rings is 9. The average molecular weight is 872 g/mol. The van der Waals surface area contributed by atoms with Gasteiger partial charge in [-0.25, -0.2) is 15.0 Å². The molecule has 0 aliphatic heterocycles. The lowest BCUT2D eigenvalue weighted by molar-refractivity contribution is 1.18. The van der Waals surface area contributed by atoms with E-state index < -0.39 is 0 Å². The SMILES string of the molecule is c1ccc(-c2cc(-c3ccc(-c4cccc5c4sc4ccccc45)cc3)nc(-c3cccc(-c4c(-c5ccccc5)c(-c5ccccc5)nc(-c5ccccc5)c4-c4ccccc4)c3)n2)cc1. The third kappa shape index (κ3) is 7.59. The molecular weight excluding hydrogens is 831 g/mol. The van der Waals surface area contributed by atoms with E-state index in [9.17, 15) is 0 Å². The molecule has 0 fully saturated rings. The Morgan fingerprint density at radius 3 is 1.28 bits per heavy atom. The molecule has 67 heavy (non-hydrogen) atoms. The average Bonchev–Trinajstić information content (AvgIpc) is 3.81. The summed E-state index contributed by atoms with van der Waals surface area (Å²) in [4.78, 5) is 16.4. The van der Waals surface area contributed by atoms with Crippen LogP contribution in [0.25, 0.3) is 121 Å². The summed E-state index contributed by atoms with van der Waals surface area (Å²) in [5.41, 5.74) is 17.5. The molecule has 0 spiro atoms. The molecule has 0 amide bonds. The number of hydrogen-bond donors (Lipinski definition) is 0. The molecule has 3 heterocycles. The Hall–Kier alpha value is -8.57. The van der Waals surface area contributed by atoms with Gasteiger partial charge in [0.2, 0.25) is 0 Å². The van der Waals surface area contributed by atoms with E-state index in [0.29, 0.717) is 5.82 Å². The van der Waals surface area contributed by atoms with Crippen molar-refractivity contribution in [2.24, 2.45) is 0 Å². The van der Waals surface area contributed by atoms with Crippen molar-refractivity contribution in [1.82, 2.24) is 15.0 Å². The smallest absolute Gasteiger partial charge is 0.160 e. The molecule has 0 saturated heterocycles. The minimum atomic E-state index is 0.653. The van der Waals surface area contributed by atoms with Crippen molar-refractivity contribution in [3.63, 3.8) is 0 Å². The quantitative estimate of drug-likeness (QED) is 0.145. The predicted octanol–water partition coefficient (Wildman–Crippen LogP) is 17.2. The monoisotopic (exact) mass is 871 g/mol. The molecule has 0 unspecified atom stereocenters.